The Labute approximate surface area is 245 Å². The van der Waals surface area contributed by atoms with Crippen molar-refractivity contribution in [3.63, 3.8) is 0 Å². The Bertz CT molecular complexity index is 1750. The van der Waals surface area contributed by atoms with Gasteiger partial charge in [0.05, 0.1) is 27.6 Å². The highest BCUT2D eigenvalue weighted by molar-refractivity contribution is 7.80. The largest absolute Gasteiger partial charge is 0.419 e. The summed E-state index contributed by atoms with van der Waals surface area (Å²) in [6.07, 6.45) is -1.26. The number of halogens is 7. The summed E-state index contributed by atoms with van der Waals surface area (Å²) in [7, 11) is 0. The number of pyridine rings is 1. The first-order valence-electron chi connectivity index (χ1n) is 13.1. The minimum Gasteiger partial charge on any atom is -0.337 e. The second-order valence-corrected chi connectivity index (χ2v) is 10.7. The molecule has 0 saturated carbocycles. The number of anilines is 1. The first-order chi connectivity index (χ1) is 20.4. The standard InChI is InChI=1S/C29H20F7N5OS/c30-20-4-3-18(12-19(20)29(34,35)36)41-23(15-2-1-7-37-14-15)13-22(38-41)28(42)39-8-5-17(6-9-39)40-24(43)11-16-10-21(31)25(32)26(33)27(16)40/h1-4,7,10,12-14,17H,5-6,8-9,11H2. The Hall–Kier alpha value is -4.33. The number of thiocarbonyl (C=S) groups is 1. The number of hydrogen-bond acceptors (Lipinski definition) is 4. The van der Waals surface area contributed by atoms with Crippen LogP contribution in [-0.2, 0) is 12.6 Å². The fourth-order valence-electron chi connectivity index (χ4n) is 5.54. The summed E-state index contributed by atoms with van der Waals surface area (Å²) in [5.41, 5.74) is -0.785. The van der Waals surface area contributed by atoms with Crippen LogP contribution in [0.5, 0.6) is 0 Å². The first kappa shape index (κ1) is 28.8. The van der Waals surface area contributed by atoms with Crippen molar-refractivity contribution in [2.24, 2.45) is 0 Å². The number of fused-ring (bicyclic) bond motifs is 1. The van der Waals surface area contributed by atoms with Crippen LogP contribution in [0.15, 0.2) is 54.9 Å². The van der Waals surface area contributed by atoms with Crippen molar-refractivity contribution < 1.29 is 35.5 Å². The highest BCUT2D eigenvalue weighted by Gasteiger charge is 2.38. The Morgan fingerprint density at radius 1 is 0.953 bits per heavy atom. The van der Waals surface area contributed by atoms with Crippen molar-refractivity contribution in [3.8, 4) is 16.9 Å². The van der Waals surface area contributed by atoms with E-state index in [1.165, 1.54) is 28.3 Å². The van der Waals surface area contributed by atoms with Crippen LogP contribution in [0, 0.1) is 23.3 Å². The Morgan fingerprint density at radius 2 is 1.70 bits per heavy atom. The quantitative estimate of drug-likeness (QED) is 0.148. The van der Waals surface area contributed by atoms with E-state index in [4.69, 9.17) is 12.2 Å². The topological polar surface area (TPSA) is 54.3 Å². The number of likely N-dealkylation sites (tertiary alicyclic amines) is 1. The van der Waals surface area contributed by atoms with Gasteiger partial charge < -0.3 is 9.80 Å². The fraction of sp³-hybridized carbons (Fsp3) is 0.241. The highest BCUT2D eigenvalue weighted by atomic mass is 32.1. The lowest BCUT2D eigenvalue weighted by Gasteiger charge is -2.37. The van der Waals surface area contributed by atoms with E-state index < -0.39 is 40.9 Å². The van der Waals surface area contributed by atoms with Crippen LogP contribution < -0.4 is 4.90 Å². The normalized spacial score (nSPS) is 15.7. The van der Waals surface area contributed by atoms with E-state index >= 15 is 0 Å². The molecule has 0 spiro atoms. The molecule has 2 aromatic carbocycles. The molecule has 1 saturated heterocycles. The van der Waals surface area contributed by atoms with Gasteiger partial charge in [-0.05, 0) is 60.9 Å². The molecule has 4 heterocycles. The van der Waals surface area contributed by atoms with Crippen LogP contribution in [-0.4, -0.2) is 49.7 Å². The van der Waals surface area contributed by atoms with Crippen molar-refractivity contribution in [1.29, 1.82) is 0 Å². The zero-order valence-corrected chi connectivity index (χ0v) is 22.8. The van der Waals surface area contributed by atoms with E-state index in [1.54, 1.807) is 12.1 Å². The summed E-state index contributed by atoms with van der Waals surface area (Å²) in [4.78, 5) is 20.9. The van der Waals surface area contributed by atoms with Crippen molar-refractivity contribution in [2.45, 2.75) is 31.5 Å². The molecule has 1 amide bonds. The molecule has 6 rings (SSSR count). The molecular weight excluding hydrogens is 599 g/mol. The molecule has 6 nitrogen and oxygen atoms in total. The van der Waals surface area contributed by atoms with Gasteiger partial charge in [-0.25, -0.2) is 22.2 Å². The van der Waals surface area contributed by atoms with Gasteiger partial charge in [0.25, 0.3) is 5.91 Å². The summed E-state index contributed by atoms with van der Waals surface area (Å²) in [6, 6.07) is 7.65. The second kappa shape index (κ2) is 10.7. The van der Waals surface area contributed by atoms with Crippen LogP contribution in [0.1, 0.15) is 34.5 Å². The molecule has 0 aliphatic carbocycles. The Kier molecular flexibility index (Phi) is 7.19. The van der Waals surface area contributed by atoms with Gasteiger partial charge in [0.1, 0.15) is 5.82 Å². The van der Waals surface area contributed by atoms with E-state index in [9.17, 15) is 35.5 Å². The third-order valence-electron chi connectivity index (χ3n) is 7.57. The minimum absolute atomic E-state index is 0.0687. The number of carbonyl (C=O) groups excluding carboxylic acids is 1. The van der Waals surface area contributed by atoms with E-state index in [0.717, 1.165) is 16.8 Å². The smallest absolute Gasteiger partial charge is 0.337 e. The van der Waals surface area contributed by atoms with Crippen LogP contribution in [0.25, 0.3) is 16.9 Å². The summed E-state index contributed by atoms with van der Waals surface area (Å²) >= 11 is 5.40. The maximum atomic E-state index is 14.7. The number of piperidine rings is 1. The van der Waals surface area contributed by atoms with Gasteiger partial charge >= 0.3 is 6.18 Å². The van der Waals surface area contributed by atoms with Gasteiger partial charge in [0.15, 0.2) is 23.1 Å². The summed E-state index contributed by atoms with van der Waals surface area (Å²) in [5.74, 6) is -6.13. The van der Waals surface area contributed by atoms with Crippen molar-refractivity contribution in [2.75, 3.05) is 18.0 Å². The van der Waals surface area contributed by atoms with Gasteiger partial charge in [-0.15, -0.1) is 0 Å². The number of alkyl halides is 3. The number of carbonyl (C=O) groups is 1. The van der Waals surface area contributed by atoms with E-state index in [1.807, 2.05) is 0 Å². The van der Waals surface area contributed by atoms with E-state index in [2.05, 4.69) is 10.1 Å². The van der Waals surface area contributed by atoms with Gasteiger partial charge in [0.2, 0.25) is 0 Å². The molecule has 2 aliphatic heterocycles. The van der Waals surface area contributed by atoms with E-state index in [-0.39, 0.29) is 53.9 Å². The molecule has 0 bridgehead atoms. The molecule has 0 radical (unpaired) electrons. The third kappa shape index (κ3) is 5.13. The monoisotopic (exact) mass is 619 g/mol. The average molecular weight is 620 g/mol. The number of rotatable bonds is 4. The number of benzene rings is 2. The highest BCUT2D eigenvalue weighted by Crippen LogP contribution is 2.39. The summed E-state index contributed by atoms with van der Waals surface area (Å²) < 4.78 is 98.0. The molecule has 14 heteroatoms. The van der Waals surface area contributed by atoms with Crippen LogP contribution in [0.2, 0.25) is 0 Å². The maximum absolute atomic E-state index is 14.7. The van der Waals surface area contributed by atoms with Gasteiger partial charge in [-0.3, -0.25) is 9.78 Å². The van der Waals surface area contributed by atoms with Crippen molar-refractivity contribution >= 4 is 28.8 Å². The summed E-state index contributed by atoms with van der Waals surface area (Å²) in [5, 5.41) is 4.30. The van der Waals surface area contributed by atoms with Gasteiger partial charge in [-0.2, -0.15) is 18.3 Å². The molecule has 0 unspecified atom stereocenters. The maximum Gasteiger partial charge on any atom is 0.419 e. The van der Waals surface area contributed by atoms with E-state index in [0.29, 0.717) is 35.5 Å². The molecular formula is C29H20F7N5OS. The Morgan fingerprint density at radius 3 is 2.37 bits per heavy atom. The van der Waals surface area contributed by atoms with Crippen LogP contribution in [0.3, 0.4) is 0 Å². The Balaban J connectivity index is 1.27. The number of hydrogen-bond donors (Lipinski definition) is 0. The molecule has 222 valence electrons. The lowest BCUT2D eigenvalue weighted by molar-refractivity contribution is -0.140. The number of amides is 1. The molecule has 1 fully saturated rings. The van der Waals surface area contributed by atoms with Crippen LogP contribution in [0.4, 0.5) is 36.4 Å². The fourth-order valence-corrected chi connectivity index (χ4v) is 5.94. The third-order valence-corrected chi connectivity index (χ3v) is 7.91. The molecule has 0 N–H and O–H groups in total. The SMILES string of the molecule is O=C(c1cc(-c2cccnc2)n(-c2ccc(F)c(C(F)(F)F)c2)n1)N1CCC(N2C(=S)Cc3cc(F)c(F)c(F)c32)CC1. The molecule has 2 aliphatic rings. The minimum atomic E-state index is -4.95. The molecule has 43 heavy (non-hydrogen) atoms. The lowest BCUT2D eigenvalue weighted by Crippen LogP contribution is -2.48. The zero-order chi connectivity index (χ0) is 30.6. The summed E-state index contributed by atoms with van der Waals surface area (Å²) in [6.45, 7) is 0.375. The lowest BCUT2D eigenvalue weighted by atomic mass is 10.0. The number of nitrogens with zero attached hydrogens (tertiary/aromatic N) is 5. The van der Waals surface area contributed by atoms with Gasteiger partial charge in [-0.1, -0.05) is 12.2 Å². The number of aromatic nitrogens is 3. The van der Waals surface area contributed by atoms with Crippen LogP contribution >= 0.6 is 12.2 Å². The zero-order valence-electron chi connectivity index (χ0n) is 22.0. The second-order valence-electron chi connectivity index (χ2n) is 10.2. The van der Waals surface area contributed by atoms with Gasteiger partial charge in [0, 0.05) is 43.5 Å². The van der Waals surface area contributed by atoms with Crippen molar-refractivity contribution in [1.82, 2.24) is 19.7 Å². The average Bonchev–Trinajstić information content (AvgIpc) is 3.57. The molecule has 4 aromatic rings. The predicted molar refractivity (Wildman–Crippen MR) is 146 cm³/mol. The molecule has 2 aromatic heterocycles. The van der Waals surface area contributed by atoms with Crippen molar-refractivity contribution in [3.05, 3.63) is 94.9 Å². The predicted octanol–water partition coefficient (Wildman–Crippen LogP) is 6.50. The first-order valence-corrected chi connectivity index (χ1v) is 13.5. The molecule has 0 atom stereocenters.